The van der Waals surface area contributed by atoms with Crippen LogP contribution in [0.3, 0.4) is 0 Å². The van der Waals surface area contributed by atoms with Gasteiger partial charge in [-0.1, -0.05) is 17.3 Å². The average molecular weight is 288 g/mol. The zero-order chi connectivity index (χ0) is 15.4. The fraction of sp³-hybridized carbons (Fsp3) is 0.286. The molecule has 7 heteroatoms. The Kier molecular flexibility index (Phi) is 4.32. The largest absolute Gasteiger partial charge is 0.481 e. The Morgan fingerprint density at radius 2 is 2.10 bits per heavy atom. The van der Waals surface area contributed by atoms with Gasteiger partial charge in [-0.15, -0.1) is 5.10 Å². The standard InChI is InChI=1S/C14H16N4O3/c1-9-4-3-5-11(8-9)18-10(2)13(16-17-18)14(21)15-7-6-12(19)20/h3-5,8H,6-7H2,1-2H3,(H,15,21)(H,19,20). The van der Waals surface area contributed by atoms with Crippen LogP contribution in [0.25, 0.3) is 5.69 Å². The van der Waals surface area contributed by atoms with E-state index in [0.717, 1.165) is 11.3 Å². The molecule has 1 heterocycles. The summed E-state index contributed by atoms with van der Waals surface area (Å²) in [6, 6.07) is 7.68. The van der Waals surface area contributed by atoms with Crippen LogP contribution < -0.4 is 5.32 Å². The molecule has 110 valence electrons. The number of carbonyl (C=O) groups excluding carboxylic acids is 1. The van der Waals surface area contributed by atoms with Gasteiger partial charge in [-0.2, -0.15) is 0 Å². The summed E-state index contributed by atoms with van der Waals surface area (Å²) in [7, 11) is 0. The summed E-state index contributed by atoms with van der Waals surface area (Å²) in [5.74, 6) is -1.39. The number of carboxylic acids is 1. The quantitative estimate of drug-likeness (QED) is 0.858. The number of benzene rings is 1. The van der Waals surface area contributed by atoms with E-state index in [2.05, 4.69) is 15.6 Å². The number of hydrogen-bond donors (Lipinski definition) is 2. The van der Waals surface area contributed by atoms with Gasteiger partial charge < -0.3 is 10.4 Å². The van der Waals surface area contributed by atoms with Gasteiger partial charge in [0.25, 0.3) is 5.91 Å². The Bertz CT molecular complexity index is 679. The third kappa shape index (κ3) is 3.44. The van der Waals surface area contributed by atoms with Crippen molar-refractivity contribution in [3.05, 3.63) is 41.2 Å². The van der Waals surface area contributed by atoms with Crippen molar-refractivity contribution in [3.8, 4) is 5.69 Å². The van der Waals surface area contributed by atoms with E-state index in [1.807, 2.05) is 31.2 Å². The number of aliphatic carboxylic acids is 1. The molecule has 0 spiro atoms. The van der Waals surface area contributed by atoms with Crippen molar-refractivity contribution < 1.29 is 14.7 Å². The summed E-state index contributed by atoms with van der Waals surface area (Å²) in [5, 5.41) is 18.9. The molecule has 0 radical (unpaired) electrons. The van der Waals surface area contributed by atoms with Gasteiger partial charge in [0.2, 0.25) is 0 Å². The molecule has 0 saturated carbocycles. The maximum atomic E-state index is 11.9. The molecule has 2 rings (SSSR count). The third-order valence-corrected chi connectivity index (χ3v) is 2.98. The molecule has 1 amide bonds. The Morgan fingerprint density at radius 3 is 2.76 bits per heavy atom. The topological polar surface area (TPSA) is 97.1 Å². The highest BCUT2D eigenvalue weighted by atomic mass is 16.4. The highest BCUT2D eigenvalue weighted by Gasteiger charge is 2.17. The molecule has 0 aliphatic heterocycles. The summed E-state index contributed by atoms with van der Waals surface area (Å²) >= 11 is 0. The van der Waals surface area contributed by atoms with Gasteiger partial charge in [0.05, 0.1) is 17.8 Å². The summed E-state index contributed by atoms with van der Waals surface area (Å²) in [6.07, 6.45) is -0.128. The van der Waals surface area contributed by atoms with Crippen molar-refractivity contribution in [1.82, 2.24) is 20.3 Å². The average Bonchev–Trinajstić information content (AvgIpc) is 2.80. The first-order valence-electron chi connectivity index (χ1n) is 6.48. The molecule has 0 unspecified atom stereocenters. The van der Waals surface area contributed by atoms with Gasteiger partial charge >= 0.3 is 5.97 Å². The molecule has 2 N–H and O–H groups in total. The Labute approximate surface area is 121 Å². The van der Waals surface area contributed by atoms with Crippen LogP contribution in [0.1, 0.15) is 28.2 Å². The molecule has 0 bridgehead atoms. The van der Waals surface area contributed by atoms with Gasteiger partial charge in [0.15, 0.2) is 5.69 Å². The molecule has 0 atom stereocenters. The van der Waals surface area contributed by atoms with Crippen molar-refractivity contribution in [2.24, 2.45) is 0 Å². The van der Waals surface area contributed by atoms with Crippen LogP contribution in [-0.4, -0.2) is 38.5 Å². The number of carbonyl (C=O) groups is 2. The summed E-state index contributed by atoms with van der Waals surface area (Å²) in [4.78, 5) is 22.4. The van der Waals surface area contributed by atoms with E-state index in [1.165, 1.54) is 0 Å². The van der Waals surface area contributed by atoms with Crippen molar-refractivity contribution >= 4 is 11.9 Å². The number of aryl methyl sites for hydroxylation is 1. The molecule has 1 aromatic heterocycles. The van der Waals surface area contributed by atoms with Crippen molar-refractivity contribution in [3.63, 3.8) is 0 Å². The minimum Gasteiger partial charge on any atom is -0.481 e. The highest BCUT2D eigenvalue weighted by molar-refractivity contribution is 5.93. The van der Waals surface area contributed by atoms with Gasteiger partial charge in [0.1, 0.15) is 0 Å². The van der Waals surface area contributed by atoms with Crippen molar-refractivity contribution in [2.45, 2.75) is 20.3 Å². The van der Waals surface area contributed by atoms with Crippen LogP contribution in [-0.2, 0) is 4.79 Å². The minimum absolute atomic E-state index is 0.0604. The molecule has 0 aliphatic carbocycles. The third-order valence-electron chi connectivity index (χ3n) is 2.98. The zero-order valence-electron chi connectivity index (χ0n) is 11.8. The van der Waals surface area contributed by atoms with Crippen molar-refractivity contribution in [2.75, 3.05) is 6.54 Å². The van der Waals surface area contributed by atoms with Gasteiger partial charge in [0, 0.05) is 6.54 Å². The van der Waals surface area contributed by atoms with Gasteiger partial charge in [-0.05, 0) is 31.5 Å². The van der Waals surface area contributed by atoms with Gasteiger partial charge in [-0.3, -0.25) is 9.59 Å². The number of aromatic nitrogens is 3. The lowest BCUT2D eigenvalue weighted by Crippen LogP contribution is -2.27. The molecular formula is C14H16N4O3. The molecule has 2 aromatic rings. The monoisotopic (exact) mass is 288 g/mol. The van der Waals surface area contributed by atoms with E-state index in [1.54, 1.807) is 11.6 Å². The molecule has 7 nitrogen and oxygen atoms in total. The van der Waals surface area contributed by atoms with Crippen molar-refractivity contribution in [1.29, 1.82) is 0 Å². The lowest BCUT2D eigenvalue weighted by Gasteiger charge is -2.05. The molecule has 1 aromatic carbocycles. The normalized spacial score (nSPS) is 10.4. The number of carboxylic acid groups (broad SMARTS) is 1. The minimum atomic E-state index is -0.963. The fourth-order valence-electron chi connectivity index (χ4n) is 1.91. The number of hydrogen-bond acceptors (Lipinski definition) is 4. The van der Waals surface area contributed by atoms with Crippen LogP contribution in [0.2, 0.25) is 0 Å². The van der Waals surface area contributed by atoms with Crippen LogP contribution in [0.4, 0.5) is 0 Å². The predicted octanol–water partition coefficient (Wildman–Crippen LogP) is 1.09. The first kappa shape index (κ1) is 14.7. The summed E-state index contributed by atoms with van der Waals surface area (Å²) in [5.41, 5.74) is 2.70. The van der Waals surface area contributed by atoms with E-state index in [4.69, 9.17) is 5.11 Å². The summed E-state index contributed by atoms with van der Waals surface area (Å²) in [6.45, 7) is 3.77. The Morgan fingerprint density at radius 1 is 1.33 bits per heavy atom. The maximum Gasteiger partial charge on any atom is 0.305 e. The smallest absolute Gasteiger partial charge is 0.305 e. The van der Waals surface area contributed by atoms with Crippen LogP contribution in [0.15, 0.2) is 24.3 Å². The SMILES string of the molecule is Cc1cccc(-n2nnc(C(=O)NCCC(=O)O)c2C)c1. The predicted molar refractivity (Wildman–Crippen MR) is 75.4 cm³/mol. The lowest BCUT2D eigenvalue weighted by atomic mass is 10.2. The number of nitrogens with zero attached hydrogens (tertiary/aromatic N) is 3. The molecule has 0 saturated heterocycles. The second kappa shape index (κ2) is 6.17. The van der Waals surface area contributed by atoms with E-state index < -0.39 is 11.9 Å². The molecular weight excluding hydrogens is 272 g/mol. The van der Waals surface area contributed by atoms with Crippen LogP contribution >= 0.6 is 0 Å². The highest BCUT2D eigenvalue weighted by Crippen LogP contribution is 2.13. The fourth-order valence-corrected chi connectivity index (χ4v) is 1.91. The Hall–Kier alpha value is -2.70. The second-order valence-corrected chi connectivity index (χ2v) is 4.67. The number of amides is 1. The first-order valence-corrected chi connectivity index (χ1v) is 6.48. The van der Waals surface area contributed by atoms with E-state index in [9.17, 15) is 9.59 Å². The first-order chi connectivity index (χ1) is 9.99. The second-order valence-electron chi connectivity index (χ2n) is 4.67. The summed E-state index contributed by atoms with van der Waals surface area (Å²) < 4.78 is 1.58. The molecule has 0 fully saturated rings. The number of nitrogens with one attached hydrogen (secondary N) is 1. The van der Waals surface area contributed by atoms with Crippen LogP contribution in [0, 0.1) is 13.8 Å². The number of rotatable bonds is 5. The maximum absolute atomic E-state index is 11.9. The van der Waals surface area contributed by atoms with E-state index >= 15 is 0 Å². The van der Waals surface area contributed by atoms with E-state index in [-0.39, 0.29) is 18.7 Å². The molecule has 21 heavy (non-hydrogen) atoms. The Balaban J connectivity index is 2.17. The van der Waals surface area contributed by atoms with Gasteiger partial charge in [-0.25, -0.2) is 4.68 Å². The van der Waals surface area contributed by atoms with E-state index in [0.29, 0.717) is 5.69 Å². The molecule has 0 aliphatic rings. The zero-order valence-corrected chi connectivity index (χ0v) is 11.8. The van der Waals surface area contributed by atoms with Crippen LogP contribution in [0.5, 0.6) is 0 Å². The lowest BCUT2D eigenvalue weighted by molar-refractivity contribution is -0.136.